The van der Waals surface area contributed by atoms with Gasteiger partial charge in [0, 0.05) is 48.7 Å². The number of ether oxygens (including phenoxy) is 3. The molecule has 2 atom stereocenters. The Balaban J connectivity index is 1.41. The summed E-state index contributed by atoms with van der Waals surface area (Å²) >= 11 is 0. The van der Waals surface area contributed by atoms with E-state index in [0.717, 1.165) is 40.2 Å². The highest BCUT2D eigenvalue weighted by molar-refractivity contribution is 7.87. The molecule has 3 aliphatic rings. The number of fused-ring (bicyclic) bond motifs is 1. The minimum atomic E-state index is -3.92. The third-order valence-electron chi connectivity index (χ3n) is 9.47. The maximum atomic E-state index is 13.1. The molecule has 2 heterocycles. The lowest BCUT2D eigenvalue weighted by Crippen LogP contribution is -2.47. The molecule has 0 radical (unpaired) electrons. The minimum absolute atomic E-state index is 0.220. The van der Waals surface area contributed by atoms with E-state index in [1.54, 1.807) is 13.2 Å². The zero-order valence-electron chi connectivity index (χ0n) is 25.1. The Morgan fingerprint density at radius 1 is 1.12 bits per heavy atom. The molecule has 11 heteroatoms. The van der Waals surface area contributed by atoms with Crippen LogP contribution in [0.4, 0.5) is 0 Å². The van der Waals surface area contributed by atoms with Crippen molar-refractivity contribution in [3.63, 3.8) is 0 Å². The minimum Gasteiger partial charge on any atom is -0.497 e. The maximum Gasteiger partial charge on any atom is 0.303 e. The highest BCUT2D eigenvalue weighted by atomic mass is 32.2. The molecule has 0 spiro atoms. The van der Waals surface area contributed by atoms with Crippen LogP contribution in [0.25, 0.3) is 10.9 Å². The number of hydrogen-bond donors (Lipinski definition) is 1. The van der Waals surface area contributed by atoms with Crippen molar-refractivity contribution in [2.45, 2.75) is 76.4 Å². The van der Waals surface area contributed by atoms with Gasteiger partial charge in [0.1, 0.15) is 13.6 Å². The van der Waals surface area contributed by atoms with Gasteiger partial charge in [0.2, 0.25) is 0 Å². The fraction of sp³-hybridized carbons (Fsp3) is 0.516. The first-order valence-electron chi connectivity index (χ1n) is 14.9. The van der Waals surface area contributed by atoms with Crippen LogP contribution in [0.3, 0.4) is 0 Å². The van der Waals surface area contributed by atoms with Crippen LogP contribution >= 0.6 is 0 Å². The Labute approximate surface area is 249 Å². The van der Waals surface area contributed by atoms with Gasteiger partial charge in [-0.15, -0.1) is 0 Å². The van der Waals surface area contributed by atoms with Crippen LogP contribution in [0.1, 0.15) is 78.8 Å². The lowest BCUT2D eigenvalue weighted by atomic mass is 9.84. The van der Waals surface area contributed by atoms with Gasteiger partial charge in [-0.3, -0.25) is 4.79 Å². The number of carbonyl (C=O) groups excluding carboxylic acids is 1. The SMILES string of the molecule is Bc1ccc(OC)cc1[C@@H]1C[C@@]1(Cn1cc(C2CCCCC2)c2ccc(C(=O)NS(=O)(=O)N(C)C)cc21)C1OC(C)O1. The molecule has 1 saturated heterocycles. The Kier molecular flexibility index (Phi) is 7.66. The smallest absolute Gasteiger partial charge is 0.303 e. The van der Waals surface area contributed by atoms with Gasteiger partial charge in [-0.2, -0.15) is 12.7 Å². The van der Waals surface area contributed by atoms with Crippen molar-refractivity contribution < 1.29 is 27.4 Å². The predicted octanol–water partition coefficient (Wildman–Crippen LogP) is 3.39. The summed E-state index contributed by atoms with van der Waals surface area (Å²) in [5.41, 5.74) is 4.68. The first kappa shape index (κ1) is 29.2. The molecule has 1 N–H and O–H groups in total. The number of nitrogens with zero attached hydrogens (tertiary/aromatic N) is 2. The highest BCUT2D eigenvalue weighted by Gasteiger charge is 2.64. The number of amides is 1. The zero-order chi connectivity index (χ0) is 29.8. The van der Waals surface area contributed by atoms with Crippen LogP contribution in [-0.4, -0.2) is 64.8 Å². The van der Waals surface area contributed by atoms with E-state index in [-0.39, 0.29) is 23.9 Å². The van der Waals surface area contributed by atoms with Crippen molar-refractivity contribution in [1.82, 2.24) is 13.6 Å². The quantitative estimate of drug-likeness (QED) is 0.382. The van der Waals surface area contributed by atoms with E-state index in [2.05, 4.69) is 35.5 Å². The third-order valence-corrected chi connectivity index (χ3v) is 10.9. The molecule has 2 aromatic carbocycles. The Morgan fingerprint density at radius 3 is 2.52 bits per heavy atom. The molecule has 2 aliphatic carbocycles. The second-order valence-corrected chi connectivity index (χ2v) is 14.3. The summed E-state index contributed by atoms with van der Waals surface area (Å²) in [6.45, 7) is 2.56. The van der Waals surface area contributed by atoms with Crippen LogP contribution in [-0.2, 0) is 26.2 Å². The second kappa shape index (κ2) is 11.0. The molecule has 0 bridgehead atoms. The van der Waals surface area contributed by atoms with Gasteiger partial charge >= 0.3 is 10.2 Å². The largest absolute Gasteiger partial charge is 0.497 e. The third kappa shape index (κ3) is 5.25. The summed E-state index contributed by atoms with van der Waals surface area (Å²) in [6, 6.07) is 11.7. The molecule has 224 valence electrons. The first-order valence-corrected chi connectivity index (χ1v) is 16.3. The zero-order valence-corrected chi connectivity index (χ0v) is 25.9. The lowest BCUT2D eigenvalue weighted by molar-refractivity contribution is -0.399. The summed E-state index contributed by atoms with van der Waals surface area (Å²) < 4.78 is 48.1. The van der Waals surface area contributed by atoms with Gasteiger partial charge < -0.3 is 18.8 Å². The number of carbonyl (C=O) groups is 1. The highest BCUT2D eigenvalue weighted by Crippen LogP contribution is 2.65. The fourth-order valence-electron chi connectivity index (χ4n) is 6.92. The molecule has 42 heavy (non-hydrogen) atoms. The van der Waals surface area contributed by atoms with E-state index < -0.39 is 16.1 Å². The van der Waals surface area contributed by atoms with Gasteiger partial charge in [-0.05, 0) is 73.4 Å². The molecular weight excluding hydrogens is 553 g/mol. The summed E-state index contributed by atoms with van der Waals surface area (Å²) in [6.07, 6.45) is 8.56. The number of nitrogens with one attached hydrogen (secondary N) is 1. The molecule has 3 aromatic rings. The van der Waals surface area contributed by atoms with E-state index in [9.17, 15) is 13.2 Å². The molecule has 6 rings (SSSR count). The molecule has 1 amide bonds. The topological polar surface area (TPSA) is 99.1 Å². The van der Waals surface area contributed by atoms with Gasteiger partial charge in [0.25, 0.3) is 5.91 Å². The monoisotopic (exact) mass is 593 g/mol. The Bertz CT molecular complexity index is 1610. The summed E-state index contributed by atoms with van der Waals surface area (Å²) in [5, 5.41) is 1.11. The summed E-state index contributed by atoms with van der Waals surface area (Å²) in [4.78, 5) is 13.1. The van der Waals surface area contributed by atoms with E-state index in [4.69, 9.17) is 14.2 Å². The van der Waals surface area contributed by atoms with Crippen LogP contribution in [0.5, 0.6) is 5.75 Å². The number of methoxy groups -OCH3 is 1. The maximum absolute atomic E-state index is 13.1. The number of hydrogen-bond acceptors (Lipinski definition) is 6. The molecule has 3 fully saturated rings. The van der Waals surface area contributed by atoms with Gasteiger partial charge in [0.05, 0.1) is 7.11 Å². The molecule has 1 aromatic heterocycles. The van der Waals surface area contributed by atoms with Crippen molar-refractivity contribution in [2.24, 2.45) is 5.41 Å². The van der Waals surface area contributed by atoms with Gasteiger partial charge in [0.15, 0.2) is 12.6 Å². The summed E-state index contributed by atoms with van der Waals surface area (Å²) in [7, 11) is 2.68. The Morgan fingerprint density at radius 2 is 1.86 bits per heavy atom. The van der Waals surface area contributed by atoms with E-state index in [1.165, 1.54) is 49.9 Å². The summed E-state index contributed by atoms with van der Waals surface area (Å²) in [5.74, 6) is 0.856. The molecular formula is C31H40BN3O6S. The Hall–Kier alpha value is -2.86. The number of rotatable bonds is 9. The van der Waals surface area contributed by atoms with Crippen molar-refractivity contribution in [1.29, 1.82) is 0 Å². The normalized spacial score (nSPS) is 26.3. The molecule has 2 saturated carbocycles. The van der Waals surface area contributed by atoms with Crippen LogP contribution in [0.2, 0.25) is 0 Å². The van der Waals surface area contributed by atoms with E-state index in [0.29, 0.717) is 18.0 Å². The van der Waals surface area contributed by atoms with E-state index in [1.807, 2.05) is 25.1 Å². The number of aromatic nitrogens is 1. The number of benzene rings is 2. The van der Waals surface area contributed by atoms with Crippen LogP contribution in [0, 0.1) is 5.41 Å². The standard InChI is InChI=1S/C31H40BN3O6S/c1-19-40-30(41-19)31(16-26(31)24-15-22(39-4)11-13-27(24)32)18-35-17-25(20-8-6-5-7-9-20)23-12-10-21(14-28(23)35)29(36)33-42(37,38)34(2)3/h10-15,17,19-20,26,30H,5-9,16,18,32H2,1-4H3,(H,33,36)/t19?,26-,30?,31-/m0/s1. The van der Waals surface area contributed by atoms with Gasteiger partial charge in [-0.25, -0.2) is 4.72 Å². The van der Waals surface area contributed by atoms with Crippen molar-refractivity contribution in [3.05, 3.63) is 59.3 Å². The second-order valence-electron chi connectivity index (χ2n) is 12.4. The molecule has 0 unspecified atom stereocenters. The average Bonchev–Trinajstić information content (AvgIpc) is 3.56. The predicted molar refractivity (Wildman–Crippen MR) is 164 cm³/mol. The van der Waals surface area contributed by atoms with Crippen LogP contribution < -0.4 is 14.9 Å². The van der Waals surface area contributed by atoms with Crippen molar-refractivity contribution in [3.8, 4) is 5.75 Å². The average molecular weight is 594 g/mol. The van der Waals surface area contributed by atoms with Crippen molar-refractivity contribution in [2.75, 3.05) is 21.2 Å². The molecule has 1 aliphatic heterocycles. The van der Waals surface area contributed by atoms with Crippen LogP contribution in [0.15, 0.2) is 42.6 Å². The van der Waals surface area contributed by atoms with E-state index >= 15 is 0 Å². The van der Waals surface area contributed by atoms with Crippen molar-refractivity contribution >= 4 is 40.3 Å². The fourth-order valence-corrected chi connectivity index (χ4v) is 7.45. The lowest BCUT2D eigenvalue weighted by Gasteiger charge is -2.40. The van der Waals surface area contributed by atoms with Gasteiger partial charge in [-0.1, -0.05) is 36.9 Å². The first-order chi connectivity index (χ1) is 20.0. The molecule has 9 nitrogen and oxygen atoms in total.